The van der Waals surface area contributed by atoms with Crippen LogP contribution in [0.1, 0.15) is 86.5 Å². The summed E-state index contributed by atoms with van der Waals surface area (Å²) < 4.78 is 5.72. The van der Waals surface area contributed by atoms with E-state index in [0.717, 1.165) is 32.1 Å². The van der Waals surface area contributed by atoms with E-state index in [9.17, 15) is 14.4 Å². The van der Waals surface area contributed by atoms with Gasteiger partial charge in [-0.15, -0.1) is 0 Å². The van der Waals surface area contributed by atoms with Crippen molar-refractivity contribution in [3.8, 4) is 0 Å². The van der Waals surface area contributed by atoms with Gasteiger partial charge in [-0.1, -0.05) is 40.2 Å². The maximum absolute atomic E-state index is 12.9. The van der Waals surface area contributed by atoms with Crippen LogP contribution in [-0.2, 0) is 19.1 Å². The van der Waals surface area contributed by atoms with Gasteiger partial charge in [-0.2, -0.15) is 0 Å². The van der Waals surface area contributed by atoms with Crippen LogP contribution in [0.4, 0.5) is 0 Å². The lowest BCUT2D eigenvalue weighted by atomic mass is 9.45. The number of hydrogen-bond donors (Lipinski definition) is 0. The summed E-state index contributed by atoms with van der Waals surface area (Å²) in [5.74, 6) is 2.52. The Bertz CT molecular complexity index is 810. The van der Waals surface area contributed by atoms with Gasteiger partial charge in [-0.3, -0.25) is 14.4 Å². The summed E-state index contributed by atoms with van der Waals surface area (Å²) in [4.78, 5) is 37.6. The van der Waals surface area contributed by atoms with Crippen LogP contribution < -0.4 is 0 Å². The fraction of sp³-hybridized carbons (Fsp3) is 0.815. The highest BCUT2D eigenvalue weighted by Crippen LogP contribution is 2.67. The second-order valence-electron chi connectivity index (χ2n) is 12.0. The molecule has 4 aliphatic carbocycles. The zero-order valence-corrected chi connectivity index (χ0v) is 20.2. The van der Waals surface area contributed by atoms with Gasteiger partial charge < -0.3 is 4.74 Å². The van der Waals surface area contributed by atoms with Gasteiger partial charge in [-0.25, -0.2) is 0 Å². The number of rotatable bonds is 4. The first kappa shape index (κ1) is 22.7. The van der Waals surface area contributed by atoms with Crippen molar-refractivity contribution in [3.63, 3.8) is 0 Å². The number of fused-ring (bicyclic) bond motifs is 5. The molecule has 0 bridgehead atoms. The number of ketones is 2. The highest BCUT2D eigenvalue weighted by Gasteiger charge is 2.61. The molecule has 4 nitrogen and oxygen atoms in total. The molecule has 0 aromatic heterocycles. The number of ether oxygens (including phenoxy) is 1. The first-order chi connectivity index (χ1) is 14.5. The Labute approximate surface area is 187 Å². The molecular formula is C27H40O4. The predicted molar refractivity (Wildman–Crippen MR) is 120 cm³/mol. The second-order valence-corrected chi connectivity index (χ2v) is 12.0. The van der Waals surface area contributed by atoms with E-state index >= 15 is 0 Å². The normalized spacial score (nSPS) is 44.2. The largest absolute Gasteiger partial charge is 0.454 e. The average Bonchev–Trinajstić information content (AvgIpc) is 3.01. The molecule has 0 radical (unpaired) electrons. The Morgan fingerprint density at radius 2 is 1.87 bits per heavy atom. The van der Waals surface area contributed by atoms with Crippen LogP contribution in [0.5, 0.6) is 0 Å². The Morgan fingerprint density at radius 3 is 2.52 bits per heavy atom. The van der Waals surface area contributed by atoms with Gasteiger partial charge in [0.1, 0.15) is 5.78 Å². The summed E-state index contributed by atoms with van der Waals surface area (Å²) in [6, 6.07) is 0. The third-order valence-electron chi connectivity index (χ3n) is 9.64. The predicted octanol–water partition coefficient (Wildman–Crippen LogP) is 5.54. The van der Waals surface area contributed by atoms with Crippen molar-refractivity contribution in [2.45, 2.75) is 92.6 Å². The minimum absolute atomic E-state index is 0.0342. The molecule has 0 spiro atoms. The SMILES string of the molecule is CC(=O)[C@H]1CC[C@H]2[C@@H]3C[C@H](C)C4=CC(=O)C(OC(=O)CC(C)C)C[C@]4(C)[C@H]3CC[C@]12C. The molecule has 0 aromatic carbocycles. The van der Waals surface area contributed by atoms with E-state index in [1.165, 1.54) is 5.57 Å². The molecule has 0 amide bonds. The van der Waals surface area contributed by atoms with Gasteiger partial charge in [0.15, 0.2) is 11.9 Å². The lowest BCUT2D eigenvalue weighted by molar-refractivity contribution is -0.159. The summed E-state index contributed by atoms with van der Waals surface area (Å²) in [6.45, 7) is 12.7. The summed E-state index contributed by atoms with van der Waals surface area (Å²) in [7, 11) is 0. The molecule has 3 saturated carbocycles. The maximum atomic E-state index is 12.9. The lowest BCUT2D eigenvalue weighted by Crippen LogP contribution is -2.54. The van der Waals surface area contributed by atoms with E-state index in [-0.39, 0.29) is 34.4 Å². The fourth-order valence-corrected chi connectivity index (χ4v) is 8.34. The third kappa shape index (κ3) is 3.62. The van der Waals surface area contributed by atoms with Crippen molar-refractivity contribution in [1.29, 1.82) is 0 Å². The molecule has 0 aliphatic heterocycles. The zero-order chi connectivity index (χ0) is 22.7. The first-order valence-corrected chi connectivity index (χ1v) is 12.4. The minimum atomic E-state index is -0.646. The van der Waals surface area contributed by atoms with Crippen molar-refractivity contribution in [2.24, 2.45) is 46.3 Å². The molecule has 0 aromatic rings. The summed E-state index contributed by atoms with van der Waals surface area (Å²) in [5, 5.41) is 0. The summed E-state index contributed by atoms with van der Waals surface area (Å²) in [5.41, 5.74) is 1.30. The Kier molecular flexibility index (Phi) is 5.75. The van der Waals surface area contributed by atoms with Crippen molar-refractivity contribution in [2.75, 3.05) is 0 Å². The second kappa shape index (κ2) is 7.85. The molecule has 0 saturated heterocycles. The van der Waals surface area contributed by atoms with Crippen LogP contribution in [0.3, 0.4) is 0 Å². The quantitative estimate of drug-likeness (QED) is 0.552. The number of hydrogen-bond acceptors (Lipinski definition) is 4. The standard InChI is InChI=1S/C27H40O4/c1-15(2)11-25(30)31-24-14-27(6)21-9-10-26(5)19(17(4)28)7-8-20(26)18(21)12-16(3)22(27)13-23(24)29/h13,15-16,18-21,24H,7-12,14H2,1-6H3/t16-,18-,19+,20-,21-,24?,26+,27+/m0/s1. The van der Waals surface area contributed by atoms with E-state index in [1.807, 2.05) is 19.9 Å². The molecule has 3 fully saturated rings. The number of allylic oxidation sites excluding steroid dienone is 1. The average molecular weight is 429 g/mol. The van der Waals surface area contributed by atoms with Gasteiger partial charge in [0.25, 0.3) is 0 Å². The molecule has 0 N–H and O–H groups in total. The van der Waals surface area contributed by atoms with Crippen LogP contribution in [0, 0.1) is 46.3 Å². The summed E-state index contributed by atoms with van der Waals surface area (Å²) in [6.07, 6.45) is 7.64. The minimum Gasteiger partial charge on any atom is -0.454 e. The Hall–Kier alpha value is -1.45. The molecule has 4 heteroatoms. The molecule has 172 valence electrons. The van der Waals surface area contributed by atoms with Gasteiger partial charge >= 0.3 is 5.97 Å². The molecule has 4 rings (SSSR count). The Balaban J connectivity index is 1.62. The summed E-state index contributed by atoms with van der Waals surface area (Å²) >= 11 is 0. The first-order valence-electron chi connectivity index (χ1n) is 12.4. The molecule has 8 atom stereocenters. The van der Waals surface area contributed by atoms with E-state index in [4.69, 9.17) is 4.74 Å². The van der Waals surface area contributed by atoms with Gasteiger partial charge in [0.2, 0.25) is 0 Å². The zero-order valence-electron chi connectivity index (χ0n) is 20.2. The lowest BCUT2D eigenvalue weighted by Gasteiger charge is -2.60. The van der Waals surface area contributed by atoms with E-state index in [0.29, 0.717) is 42.3 Å². The smallest absolute Gasteiger partial charge is 0.306 e. The van der Waals surface area contributed by atoms with Crippen LogP contribution >= 0.6 is 0 Å². The maximum Gasteiger partial charge on any atom is 0.306 e. The van der Waals surface area contributed by atoms with E-state index in [2.05, 4.69) is 20.8 Å². The van der Waals surface area contributed by atoms with Crippen molar-refractivity contribution < 1.29 is 19.1 Å². The molecule has 1 unspecified atom stereocenters. The number of esters is 1. The van der Waals surface area contributed by atoms with Crippen LogP contribution in [0.15, 0.2) is 11.6 Å². The molecule has 0 heterocycles. The van der Waals surface area contributed by atoms with Crippen molar-refractivity contribution in [1.82, 2.24) is 0 Å². The van der Waals surface area contributed by atoms with E-state index < -0.39 is 6.10 Å². The number of Topliss-reactive ketones (excluding diaryl/α,β-unsaturated/α-hetero) is 1. The van der Waals surface area contributed by atoms with Crippen LogP contribution in [-0.4, -0.2) is 23.6 Å². The highest BCUT2D eigenvalue weighted by molar-refractivity contribution is 5.97. The monoisotopic (exact) mass is 428 g/mol. The van der Waals surface area contributed by atoms with E-state index in [1.54, 1.807) is 6.92 Å². The Morgan fingerprint density at radius 1 is 1.16 bits per heavy atom. The molecular weight excluding hydrogens is 388 g/mol. The fourth-order valence-electron chi connectivity index (χ4n) is 8.34. The van der Waals surface area contributed by atoms with Crippen molar-refractivity contribution >= 4 is 17.5 Å². The number of carbonyl (C=O) groups excluding carboxylic acids is 3. The third-order valence-corrected chi connectivity index (χ3v) is 9.64. The highest BCUT2D eigenvalue weighted by atomic mass is 16.5. The van der Waals surface area contributed by atoms with Gasteiger partial charge in [0.05, 0.1) is 0 Å². The van der Waals surface area contributed by atoms with Crippen molar-refractivity contribution in [3.05, 3.63) is 11.6 Å². The molecule has 4 aliphatic rings. The topological polar surface area (TPSA) is 60.4 Å². The molecule has 31 heavy (non-hydrogen) atoms. The van der Waals surface area contributed by atoms with Gasteiger partial charge in [-0.05, 0) is 85.5 Å². The van der Waals surface area contributed by atoms with Gasteiger partial charge in [0, 0.05) is 18.8 Å². The number of carbonyl (C=O) groups is 3. The van der Waals surface area contributed by atoms with Crippen LogP contribution in [0.2, 0.25) is 0 Å². The van der Waals surface area contributed by atoms with Crippen LogP contribution in [0.25, 0.3) is 0 Å².